The predicted octanol–water partition coefficient (Wildman–Crippen LogP) is 6.02. The molecule has 0 saturated carbocycles. The van der Waals surface area contributed by atoms with Gasteiger partial charge in [-0.3, -0.25) is 19.3 Å². The van der Waals surface area contributed by atoms with Gasteiger partial charge in [0.05, 0.1) is 6.42 Å². The van der Waals surface area contributed by atoms with E-state index in [0.29, 0.717) is 37.1 Å². The molecular formula is C33H33N3O3. The fourth-order valence-corrected chi connectivity index (χ4v) is 5.21. The zero-order valence-electron chi connectivity index (χ0n) is 22.4. The van der Waals surface area contributed by atoms with Gasteiger partial charge in [-0.05, 0) is 66.6 Å². The lowest BCUT2D eigenvalue weighted by atomic mass is 9.94. The van der Waals surface area contributed by atoms with Crippen LogP contribution in [0.25, 0.3) is 21.9 Å². The van der Waals surface area contributed by atoms with Crippen molar-refractivity contribution in [3.8, 4) is 11.1 Å². The van der Waals surface area contributed by atoms with Crippen molar-refractivity contribution in [1.82, 2.24) is 9.80 Å². The van der Waals surface area contributed by atoms with Crippen LogP contribution in [-0.4, -0.2) is 53.7 Å². The molecule has 1 N–H and O–H groups in total. The third-order valence-corrected chi connectivity index (χ3v) is 7.39. The van der Waals surface area contributed by atoms with Crippen LogP contribution in [0.15, 0.2) is 84.9 Å². The molecule has 5 rings (SSSR count). The van der Waals surface area contributed by atoms with Crippen molar-refractivity contribution in [2.45, 2.75) is 26.7 Å². The Labute approximate surface area is 229 Å². The van der Waals surface area contributed by atoms with Crippen molar-refractivity contribution in [2.75, 3.05) is 31.5 Å². The number of nitrogens with one attached hydrogen (secondary N) is 1. The minimum Gasteiger partial charge on any atom is -0.385 e. The van der Waals surface area contributed by atoms with Crippen molar-refractivity contribution in [3.05, 3.63) is 102 Å². The van der Waals surface area contributed by atoms with Crippen molar-refractivity contribution >= 4 is 34.2 Å². The normalized spacial score (nSPS) is 12.6. The van der Waals surface area contributed by atoms with Gasteiger partial charge in [0.1, 0.15) is 0 Å². The van der Waals surface area contributed by atoms with Crippen LogP contribution in [0.2, 0.25) is 0 Å². The molecule has 39 heavy (non-hydrogen) atoms. The summed E-state index contributed by atoms with van der Waals surface area (Å²) in [5.41, 5.74) is 5.37. The standard InChI is InChI=1S/C33H33N3O3/c1-3-35(4-2)30(37)22-23-12-14-24(15-13-23)25-16-18-27(19-17-25)34-20-7-21-36-32(38)28-10-5-8-26-9-6-11-29(31(26)28)33(36)39/h5-6,8-19,34H,3-4,7,20-22H2,1-2H3. The van der Waals surface area contributed by atoms with Crippen LogP contribution >= 0.6 is 0 Å². The quantitative estimate of drug-likeness (QED) is 0.206. The molecule has 0 radical (unpaired) electrons. The second-order valence-corrected chi connectivity index (χ2v) is 9.77. The number of hydrogen-bond acceptors (Lipinski definition) is 4. The summed E-state index contributed by atoms with van der Waals surface area (Å²) in [5, 5.41) is 5.06. The molecule has 6 nitrogen and oxygen atoms in total. The number of carbonyl (C=O) groups excluding carboxylic acids is 3. The van der Waals surface area contributed by atoms with Gasteiger partial charge in [-0.25, -0.2) is 0 Å². The maximum absolute atomic E-state index is 13.0. The third-order valence-electron chi connectivity index (χ3n) is 7.39. The molecule has 0 fully saturated rings. The third kappa shape index (κ3) is 5.41. The van der Waals surface area contributed by atoms with Gasteiger partial charge in [-0.15, -0.1) is 0 Å². The SMILES string of the molecule is CCN(CC)C(=O)Cc1ccc(-c2ccc(NCCCN3C(=O)c4cccc5cccc(c45)C3=O)cc2)cc1. The van der Waals surface area contributed by atoms with Crippen LogP contribution in [0.3, 0.4) is 0 Å². The number of hydrogen-bond donors (Lipinski definition) is 1. The van der Waals surface area contributed by atoms with Crippen LogP contribution in [-0.2, 0) is 11.2 Å². The summed E-state index contributed by atoms with van der Waals surface area (Å²) in [4.78, 5) is 41.7. The molecule has 4 aromatic carbocycles. The number of amides is 3. The highest BCUT2D eigenvalue weighted by molar-refractivity contribution is 6.25. The zero-order chi connectivity index (χ0) is 27.4. The molecule has 0 atom stereocenters. The summed E-state index contributed by atoms with van der Waals surface area (Å²) in [6.07, 6.45) is 1.06. The number of imide groups is 1. The van der Waals surface area contributed by atoms with Gasteiger partial charge in [0, 0.05) is 48.4 Å². The number of likely N-dealkylation sites (N-methyl/N-ethyl adjacent to an activating group) is 1. The molecule has 1 aliphatic heterocycles. The maximum Gasteiger partial charge on any atom is 0.261 e. The largest absolute Gasteiger partial charge is 0.385 e. The molecular weight excluding hydrogens is 486 g/mol. The minimum atomic E-state index is -0.225. The topological polar surface area (TPSA) is 69.7 Å². The lowest BCUT2D eigenvalue weighted by Crippen LogP contribution is -2.41. The van der Waals surface area contributed by atoms with Gasteiger partial charge >= 0.3 is 0 Å². The maximum atomic E-state index is 13.0. The first kappa shape index (κ1) is 26.2. The summed E-state index contributed by atoms with van der Waals surface area (Å²) >= 11 is 0. The lowest BCUT2D eigenvalue weighted by Gasteiger charge is -2.27. The minimum absolute atomic E-state index is 0.152. The smallest absolute Gasteiger partial charge is 0.261 e. The first-order valence-corrected chi connectivity index (χ1v) is 13.6. The summed E-state index contributed by atoms with van der Waals surface area (Å²) in [5.74, 6) is -0.298. The van der Waals surface area contributed by atoms with Crippen molar-refractivity contribution in [2.24, 2.45) is 0 Å². The number of benzene rings is 4. The molecule has 1 aliphatic rings. The van der Waals surface area contributed by atoms with E-state index in [2.05, 4.69) is 29.6 Å². The fourth-order valence-electron chi connectivity index (χ4n) is 5.21. The monoisotopic (exact) mass is 519 g/mol. The molecule has 6 heteroatoms. The number of nitrogens with zero attached hydrogens (tertiary/aromatic N) is 2. The molecule has 0 saturated heterocycles. The Balaban J connectivity index is 1.14. The first-order valence-electron chi connectivity index (χ1n) is 13.6. The molecule has 4 aromatic rings. The number of carbonyl (C=O) groups is 3. The Morgan fingerprint density at radius 3 is 1.90 bits per heavy atom. The summed E-state index contributed by atoms with van der Waals surface area (Å²) in [6, 6.07) is 27.5. The molecule has 0 aliphatic carbocycles. The van der Waals surface area contributed by atoms with Gasteiger partial charge in [0.2, 0.25) is 5.91 Å². The Kier molecular flexibility index (Phi) is 7.73. The lowest BCUT2D eigenvalue weighted by molar-refractivity contribution is -0.130. The second-order valence-electron chi connectivity index (χ2n) is 9.77. The molecule has 0 aromatic heterocycles. The molecule has 0 spiro atoms. The van der Waals surface area contributed by atoms with Crippen LogP contribution in [0, 0.1) is 0 Å². The van der Waals surface area contributed by atoms with Crippen LogP contribution in [0.1, 0.15) is 46.5 Å². The van der Waals surface area contributed by atoms with Crippen molar-refractivity contribution in [3.63, 3.8) is 0 Å². The van der Waals surface area contributed by atoms with Gasteiger partial charge in [0.15, 0.2) is 0 Å². The van der Waals surface area contributed by atoms with Gasteiger partial charge in [0.25, 0.3) is 11.8 Å². The van der Waals surface area contributed by atoms with Crippen LogP contribution in [0.5, 0.6) is 0 Å². The van der Waals surface area contributed by atoms with Crippen molar-refractivity contribution in [1.29, 1.82) is 0 Å². The molecule has 0 bridgehead atoms. The Hall–Kier alpha value is -4.45. The van der Waals surface area contributed by atoms with Gasteiger partial charge in [-0.2, -0.15) is 0 Å². The van der Waals surface area contributed by atoms with E-state index in [1.165, 1.54) is 4.90 Å². The summed E-state index contributed by atoms with van der Waals surface area (Å²) in [6.45, 7) is 6.45. The van der Waals surface area contributed by atoms with E-state index in [1.54, 1.807) is 12.1 Å². The first-order chi connectivity index (χ1) is 19.0. The Bertz CT molecular complexity index is 1460. The second kappa shape index (κ2) is 11.5. The molecule has 3 amide bonds. The molecule has 1 heterocycles. The summed E-state index contributed by atoms with van der Waals surface area (Å²) in [7, 11) is 0. The van der Waals surface area contributed by atoms with E-state index in [-0.39, 0.29) is 17.7 Å². The fraction of sp³-hybridized carbons (Fsp3) is 0.242. The zero-order valence-corrected chi connectivity index (χ0v) is 22.4. The van der Waals surface area contributed by atoms with E-state index in [4.69, 9.17) is 0 Å². The molecule has 0 unspecified atom stereocenters. The van der Waals surface area contributed by atoms with Crippen LogP contribution in [0.4, 0.5) is 5.69 Å². The predicted molar refractivity (Wildman–Crippen MR) is 156 cm³/mol. The Morgan fingerprint density at radius 2 is 1.33 bits per heavy atom. The van der Waals surface area contributed by atoms with E-state index >= 15 is 0 Å². The highest BCUT2D eigenvalue weighted by atomic mass is 16.2. The van der Waals surface area contributed by atoms with E-state index in [1.807, 2.05) is 67.3 Å². The summed E-state index contributed by atoms with van der Waals surface area (Å²) < 4.78 is 0. The van der Waals surface area contributed by atoms with Gasteiger partial charge < -0.3 is 10.2 Å². The van der Waals surface area contributed by atoms with E-state index < -0.39 is 0 Å². The van der Waals surface area contributed by atoms with Crippen molar-refractivity contribution < 1.29 is 14.4 Å². The number of anilines is 1. The van der Waals surface area contributed by atoms with Crippen LogP contribution < -0.4 is 5.32 Å². The average Bonchev–Trinajstić information content (AvgIpc) is 2.97. The van der Waals surface area contributed by atoms with Gasteiger partial charge in [-0.1, -0.05) is 60.7 Å². The van der Waals surface area contributed by atoms with E-state index in [9.17, 15) is 14.4 Å². The molecule has 198 valence electrons. The van der Waals surface area contributed by atoms with E-state index in [0.717, 1.165) is 46.2 Å². The average molecular weight is 520 g/mol. The number of rotatable bonds is 10. The highest BCUT2D eigenvalue weighted by Gasteiger charge is 2.32. The highest BCUT2D eigenvalue weighted by Crippen LogP contribution is 2.30. The Morgan fingerprint density at radius 1 is 0.769 bits per heavy atom.